The van der Waals surface area contributed by atoms with Crippen LogP contribution in [0, 0.1) is 10.1 Å². The Kier molecular flexibility index (Phi) is 4.54. The molecule has 1 saturated heterocycles. The van der Waals surface area contributed by atoms with Gasteiger partial charge < -0.3 is 4.90 Å². The first kappa shape index (κ1) is 16.5. The van der Waals surface area contributed by atoms with Crippen LogP contribution in [0.1, 0.15) is 5.56 Å². The number of benzene rings is 3. The first-order valence-corrected chi connectivity index (χ1v) is 8.88. The van der Waals surface area contributed by atoms with Crippen LogP contribution in [0.2, 0.25) is 0 Å². The van der Waals surface area contributed by atoms with Crippen LogP contribution in [-0.4, -0.2) is 36.0 Å². The van der Waals surface area contributed by atoms with Crippen LogP contribution >= 0.6 is 0 Å². The summed E-state index contributed by atoms with van der Waals surface area (Å²) in [7, 11) is 0. The van der Waals surface area contributed by atoms with Gasteiger partial charge >= 0.3 is 0 Å². The lowest BCUT2D eigenvalue weighted by atomic mass is 10.1. The van der Waals surface area contributed by atoms with Gasteiger partial charge in [0.2, 0.25) is 0 Å². The van der Waals surface area contributed by atoms with E-state index in [-0.39, 0.29) is 10.6 Å². The summed E-state index contributed by atoms with van der Waals surface area (Å²) in [6.07, 6.45) is 0. The van der Waals surface area contributed by atoms with Crippen molar-refractivity contribution in [3.63, 3.8) is 0 Å². The summed E-state index contributed by atoms with van der Waals surface area (Å²) in [6, 6.07) is 22.0. The number of nitro benzene ring substituents is 1. The topological polar surface area (TPSA) is 49.6 Å². The molecule has 0 aromatic heterocycles. The molecule has 5 nitrogen and oxygen atoms in total. The highest BCUT2D eigenvalue weighted by Gasteiger charge is 2.18. The van der Waals surface area contributed by atoms with E-state index in [0.717, 1.165) is 38.4 Å². The van der Waals surface area contributed by atoms with E-state index in [9.17, 15) is 10.1 Å². The Bertz CT molecular complexity index is 916. The number of nitrogens with zero attached hydrogens (tertiary/aromatic N) is 3. The fourth-order valence-corrected chi connectivity index (χ4v) is 3.54. The molecule has 0 saturated carbocycles. The number of nitro groups is 1. The highest BCUT2D eigenvalue weighted by molar-refractivity contribution is 5.82. The van der Waals surface area contributed by atoms with Crippen molar-refractivity contribution in [1.82, 2.24) is 4.90 Å². The normalized spacial score (nSPS) is 15.3. The van der Waals surface area contributed by atoms with Gasteiger partial charge in [-0.05, 0) is 34.5 Å². The van der Waals surface area contributed by atoms with E-state index in [1.807, 2.05) is 12.1 Å². The van der Waals surface area contributed by atoms with Gasteiger partial charge in [-0.25, -0.2) is 0 Å². The maximum Gasteiger partial charge on any atom is 0.269 e. The minimum Gasteiger partial charge on any atom is -0.369 e. The lowest BCUT2D eigenvalue weighted by Gasteiger charge is -2.36. The second-order valence-corrected chi connectivity index (χ2v) is 6.72. The largest absolute Gasteiger partial charge is 0.369 e. The van der Waals surface area contributed by atoms with Crippen LogP contribution in [0.15, 0.2) is 66.7 Å². The van der Waals surface area contributed by atoms with Crippen LogP contribution < -0.4 is 4.90 Å². The Balaban J connectivity index is 1.37. The van der Waals surface area contributed by atoms with E-state index < -0.39 is 0 Å². The van der Waals surface area contributed by atoms with Gasteiger partial charge in [-0.1, -0.05) is 36.4 Å². The molecule has 132 valence electrons. The Morgan fingerprint density at radius 1 is 0.846 bits per heavy atom. The summed E-state index contributed by atoms with van der Waals surface area (Å²) in [5.74, 6) is 0. The summed E-state index contributed by atoms with van der Waals surface area (Å²) in [4.78, 5) is 15.2. The molecule has 0 bridgehead atoms. The van der Waals surface area contributed by atoms with E-state index >= 15 is 0 Å². The van der Waals surface area contributed by atoms with Gasteiger partial charge in [-0.2, -0.15) is 0 Å². The van der Waals surface area contributed by atoms with Crippen LogP contribution in [0.25, 0.3) is 10.8 Å². The summed E-state index contributed by atoms with van der Waals surface area (Å²) in [5.41, 5.74) is 2.54. The van der Waals surface area contributed by atoms with E-state index in [2.05, 4.69) is 52.3 Å². The van der Waals surface area contributed by atoms with E-state index in [1.54, 1.807) is 12.1 Å². The molecule has 1 aliphatic heterocycles. The number of hydrogen-bond acceptors (Lipinski definition) is 4. The van der Waals surface area contributed by atoms with Crippen molar-refractivity contribution in [2.75, 3.05) is 31.1 Å². The zero-order chi connectivity index (χ0) is 17.9. The van der Waals surface area contributed by atoms with Gasteiger partial charge in [-0.3, -0.25) is 15.0 Å². The summed E-state index contributed by atoms with van der Waals surface area (Å²) in [6.45, 7) is 4.81. The smallest absolute Gasteiger partial charge is 0.269 e. The molecule has 1 heterocycles. The minimum atomic E-state index is -0.356. The minimum absolute atomic E-state index is 0.142. The molecule has 26 heavy (non-hydrogen) atoms. The van der Waals surface area contributed by atoms with Gasteiger partial charge in [0.05, 0.1) is 4.92 Å². The van der Waals surface area contributed by atoms with Crippen molar-refractivity contribution >= 4 is 22.1 Å². The van der Waals surface area contributed by atoms with Crippen LogP contribution in [0.5, 0.6) is 0 Å². The zero-order valence-electron chi connectivity index (χ0n) is 14.5. The van der Waals surface area contributed by atoms with E-state index in [0.29, 0.717) is 0 Å². The first-order chi connectivity index (χ1) is 12.7. The quantitative estimate of drug-likeness (QED) is 0.527. The molecule has 0 unspecified atom stereocenters. The van der Waals surface area contributed by atoms with Gasteiger partial charge in [0, 0.05) is 50.5 Å². The highest BCUT2D eigenvalue weighted by atomic mass is 16.6. The molecule has 1 fully saturated rings. The first-order valence-electron chi connectivity index (χ1n) is 8.88. The van der Waals surface area contributed by atoms with E-state index in [1.165, 1.54) is 16.3 Å². The Labute approximate surface area is 152 Å². The second-order valence-electron chi connectivity index (χ2n) is 6.72. The SMILES string of the molecule is O=[N+]([O-])c1ccc(N2CCN(Cc3ccc4ccccc4c3)CC2)cc1. The van der Waals surface area contributed by atoms with Crippen LogP contribution in [-0.2, 0) is 6.54 Å². The van der Waals surface area contributed by atoms with Crippen molar-refractivity contribution in [3.05, 3.63) is 82.4 Å². The number of rotatable bonds is 4. The third-order valence-electron chi connectivity index (χ3n) is 5.02. The van der Waals surface area contributed by atoms with Crippen molar-refractivity contribution in [3.8, 4) is 0 Å². The molecule has 0 atom stereocenters. The average Bonchev–Trinajstić information content (AvgIpc) is 2.68. The lowest BCUT2D eigenvalue weighted by molar-refractivity contribution is -0.384. The third-order valence-corrected chi connectivity index (χ3v) is 5.02. The van der Waals surface area contributed by atoms with Crippen molar-refractivity contribution in [1.29, 1.82) is 0 Å². The molecule has 1 aliphatic rings. The average molecular weight is 347 g/mol. The van der Waals surface area contributed by atoms with Crippen molar-refractivity contribution < 1.29 is 4.92 Å². The Hall–Kier alpha value is -2.92. The van der Waals surface area contributed by atoms with Gasteiger partial charge in [0.15, 0.2) is 0 Å². The molecule has 3 aromatic rings. The molecule has 0 N–H and O–H groups in total. The number of hydrogen-bond donors (Lipinski definition) is 0. The lowest BCUT2D eigenvalue weighted by Crippen LogP contribution is -2.45. The molecule has 4 rings (SSSR count). The fourth-order valence-electron chi connectivity index (χ4n) is 3.54. The standard InChI is InChI=1S/C21H21N3O2/c25-24(26)21-9-7-20(8-10-21)23-13-11-22(12-14-23)16-17-5-6-18-3-1-2-4-19(18)15-17/h1-10,15H,11-14,16H2. The maximum absolute atomic E-state index is 10.8. The third kappa shape index (κ3) is 3.53. The number of fused-ring (bicyclic) bond motifs is 1. The molecule has 0 radical (unpaired) electrons. The highest BCUT2D eigenvalue weighted by Crippen LogP contribution is 2.22. The molecular formula is C21H21N3O2. The van der Waals surface area contributed by atoms with Gasteiger partial charge in [0.1, 0.15) is 0 Å². The number of anilines is 1. The monoisotopic (exact) mass is 347 g/mol. The molecule has 3 aromatic carbocycles. The fraction of sp³-hybridized carbons (Fsp3) is 0.238. The predicted molar refractivity (Wildman–Crippen MR) is 105 cm³/mol. The summed E-state index contributed by atoms with van der Waals surface area (Å²) in [5, 5.41) is 13.3. The number of piperazine rings is 1. The molecule has 0 aliphatic carbocycles. The van der Waals surface area contributed by atoms with Crippen molar-refractivity contribution in [2.45, 2.75) is 6.54 Å². The van der Waals surface area contributed by atoms with Crippen molar-refractivity contribution in [2.24, 2.45) is 0 Å². The maximum atomic E-state index is 10.8. The van der Waals surface area contributed by atoms with Gasteiger partial charge in [-0.15, -0.1) is 0 Å². The molecular weight excluding hydrogens is 326 g/mol. The van der Waals surface area contributed by atoms with Gasteiger partial charge in [0.25, 0.3) is 5.69 Å². The molecule has 0 spiro atoms. The summed E-state index contributed by atoms with van der Waals surface area (Å²) >= 11 is 0. The predicted octanol–water partition coefficient (Wildman–Crippen LogP) is 4.07. The van der Waals surface area contributed by atoms with Crippen LogP contribution in [0.3, 0.4) is 0 Å². The zero-order valence-corrected chi connectivity index (χ0v) is 14.5. The Morgan fingerprint density at radius 2 is 1.54 bits per heavy atom. The molecule has 5 heteroatoms. The van der Waals surface area contributed by atoms with E-state index in [4.69, 9.17) is 0 Å². The summed E-state index contributed by atoms with van der Waals surface area (Å²) < 4.78 is 0. The van der Waals surface area contributed by atoms with Crippen LogP contribution in [0.4, 0.5) is 11.4 Å². The number of non-ortho nitro benzene ring substituents is 1. The Morgan fingerprint density at radius 3 is 2.23 bits per heavy atom. The second kappa shape index (κ2) is 7.14. The molecule has 0 amide bonds.